The maximum Gasteiger partial charge on any atom is 0.356 e. The van der Waals surface area contributed by atoms with Crippen LogP contribution in [0.2, 0.25) is 0 Å². The second-order valence-corrected chi connectivity index (χ2v) is 4.86. The summed E-state index contributed by atoms with van der Waals surface area (Å²) in [5.41, 5.74) is 2.22. The Labute approximate surface area is 118 Å². The van der Waals surface area contributed by atoms with Crippen LogP contribution in [0.4, 0.5) is 0 Å². The lowest BCUT2D eigenvalue weighted by Gasteiger charge is -2.12. The summed E-state index contributed by atoms with van der Waals surface area (Å²) < 4.78 is 10.4. The minimum absolute atomic E-state index is 0.265. The van der Waals surface area contributed by atoms with Crippen molar-refractivity contribution in [1.82, 2.24) is 4.98 Å². The third-order valence-electron chi connectivity index (χ3n) is 3.16. The first kappa shape index (κ1) is 14.3. The Kier molecular flexibility index (Phi) is 4.23. The molecule has 0 atom stereocenters. The molecule has 1 aromatic carbocycles. The van der Waals surface area contributed by atoms with Crippen LogP contribution in [0.5, 0.6) is 5.75 Å². The highest BCUT2D eigenvalue weighted by Crippen LogP contribution is 2.29. The zero-order valence-corrected chi connectivity index (χ0v) is 12.3. The van der Waals surface area contributed by atoms with Crippen molar-refractivity contribution in [2.45, 2.75) is 26.7 Å². The Bertz CT molecular complexity index is 635. The summed E-state index contributed by atoms with van der Waals surface area (Å²) in [5.74, 6) is 0.635. The van der Waals surface area contributed by atoms with Crippen LogP contribution >= 0.6 is 0 Å². The number of ether oxygens (including phenoxy) is 2. The largest absolute Gasteiger partial charge is 0.493 e. The number of hydrogen-bond acceptors (Lipinski definition) is 4. The molecule has 0 radical (unpaired) electrons. The van der Waals surface area contributed by atoms with Gasteiger partial charge in [-0.05, 0) is 30.5 Å². The third-order valence-corrected chi connectivity index (χ3v) is 3.16. The van der Waals surface area contributed by atoms with Gasteiger partial charge in [0.1, 0.15) is 5.75 Å². The number of benzene rings is 1. The second kappa shape index (κ2) is 5.90. The molecule has 2 rings (SSSR count). The molecule has 0 aliphatic heterocycles. The van der Waals surface area contributed by atoms with Gasteiger partial charge in [-0.25, -0.2) is 9.78 Å². The van der Waals surface area contributed by atoms with Crippen molar-refractivity contribution in [3.8, 4) is 5.75 Å². The highest BCUT2D eigenvalue weighted by molar-refractivity contribution is 5.94. The number of esters is 1. The fraction of sp³-hybridized carbons (Fsp3) is 0.375. The van der Waals surface area contributed by atoms with E-state index < -0.39 is 5.97 Å². The average molecular weight is 273 g/mol. The number of fused-ring (bicyclic) bond motifs is 1. The van der Waals surface area contributed by atoms with Gasteiger partial charge in [-0.3, -0.25) is 0 Å². The molecule has 0 unspecified atom stereocenters. The minimum atomic E-state index is -0.458. The first-order valence-corrected chi connectivity index (χ1v) is 6.72. The van der Waals surface area contributed by atoms with Crippen LogP contribution in [0, 0.1) is 0 Å². The lowest BCUT2D eigenvalue weighted by atomic mass is 10.0. The molecular weight excluding hydrogens is 254 g/mol. The van der Waals surface area contributed by atoms with E-state index in [1.54, 1.807) is 6.07 Å². The third kappa shape index (κ3) is 2.74. The number of carbonyl (C=O) groups is 1. The molecule has 4 heteroatoms. The molecule has 0 saturated carbocycles. The van der Waals surface area contributed by atoms with E-state index in [4.69, 9.17) is 9.47 Å². The summed E-state index contributed by atoms with van der Waals surface area (Å²) in [6.07, 6.45) is 0. The van der Waals surface area contributed by atoms with Crippen LogP contribution in [0.3, 0.4) is 0 Å². The molecule has 4 nitrogen and oxygen atoms in total. The molecule has 0 aliphatic rings. The number of pyridine rings is 1. The maximum absolute atomic E-state index is 11.6. The van der Waals surface area contributed by atoms with E-state index >= 15 is 0 Å². The fourth-order valence-electron chi connectivity index (χ4n) is 2.06. The van der Waals surface area contributed by atoms with Crippen molar-refractivity contribution in [3.63, 3.8) is 0 Å². The van der Waals surface area contributed by atoms with Gasteiger partial charge in [-0.2, -0.15) is 0 Å². The van der Waals surface area contributed by atoms with Gasteiger partial charge in [0, 0.05) is 11.5 Å². The predicted octanol–water partition coefficient (Wildman–Crippen LogP) is 3.54. The van der Waals surface area contributed by atoms with Crippen LogP contribution in [-0.4, -0.2) is 24.7 Å². The Balaban J connectivity index is 2.64. The van der Waals surface area contributed by atoms with Crippen molar-refractivity contribution in [2.24, 2.45) is 0 Å². The first-order chi connectivity index (χ1) is 9.56. The van der Waals surface area contributed by atoms with Crippen molar-refractivity contribution < 1.29 is 14.3 Å². The number of nitrogens with zero attached hydrogens (tertiary/aromatic N) is 1. The lowest BCUT2D eigenvalue weighted by Crippen LogP contribution is -2.06. The Morgan fingerprint density at radius 2 is 2.05 bits per heavy atom. The first-order valence-electron chi connectivity index (χ1n) is 6.72. The van der Waals surface area contributed by atoms with Crippen LogP contribution in [-0.2, 0) is 4.74 Å². The smallest absolute Gasteiger partial charge is 0.356 e. The molecule has 106 valence electrons. The highest BCUT2D eigenvalue weighted by Gasteiger charge is 2.14. The summed E-state index contributed by atoms with van der Waals surface area (Å²) in [7, 11) is 1.34. The maximum atomic E-state index is 11.6. The van der Waals surface area contributed by atoms with Gasteiger partial charge in [0.15, 0.2) is 5.69 Å². The molecule has 0 N–H and O–H groups in total. The molecule has 0 aliphatic carbocycles. The van der Waals surface area contributed by atoms with Gasteiger partial charge in [0.2, 0.25) is 0 Å². The van der Waals surface area contributed by atoms with E-state index in [2.05, 4.69) is 24.9 Å². The van der Waals surface area contributed by atoms with E-state index in [0.29, 0.717) is 18.3 Å². The van der Waals surface area contributed by atoms with Gasteiger partial charge in [-0.1, -0.05) is 19.9 Å². The molecule has 0 saturated heterocycles. The number of hydrogen-bond donors (Lipinski definition) is 0. The van der Waals surface area contributed by atoms with Gasteiger partial charge < -0.3 is 9.47 Å². The summed E-state index contributed by atoms with van der Waals surface area (Å²) in [5, 5.41) is 0.922. The van der Waals surface area contributed by atoms with Crippen LogP contribution in [0.1, 0.15) is 42.7 Å². The molecule has 1 aromatic heterocycles. The Hall–Kier alpha value is -2.10. The van der Waals surface area contributed by atoms with Crippen LogP contribution in [0.25, 0.3) is 10.9 Å². The predicted molar refractivity (Wildman–Crippen MR) is 78.3 cm³/mol. The zero-order chi connectivity index (χ0) is 14.7. The molecule has 0 bridgehead atoms. The molecule has 2 aromatic rings. The van der Waals surface area contributed by atoms with E-state index in [1.165, 1.54) is 12.7 Å². The zero-order valence-electron chi connectivity index (χ0n) is 12.3. The van der Waals surface area contributed by atoms with Crippen LogP contribution in [0.15, 0.2) is 24.3 Å². The number of carbonyl (C=O) groups excluding carboxylic acids is 1. The average Bonchev–Trinajstić information content (AvgIpc) is 2.45. The summed E-state index contributed by atoms with van der Waals surface area (Å²) >= 11 is 0. The van der Waals surface area contributed by atoms with E-state index in [-0.39, 0.29) is 5.69 Å². The quantitative estimate of drug-likeness (QED) is 0.799. The summed E-state index contributed by atoms with van der Waals surface area (Å²) in [6, 6.07) is 7.65. The highest BCUT2D eigenvalue weighted by atomic mass is 16.5. The van der Waals surface area contributed by atoms with Crippen molar-refractivity contribution in [1.29, 1.82) is 0 Å². The van der Waals surface area contributed by atoms with Gasteiger partial charge >= 0.3 is 5.97 Å². The van der Waals surface area contributed by atoms with Crippen molar-refractivity contribution in [2.75, 3.05) is 13.7 Å². The van der Waals surface area contributed by atoms with E-state index in [1.807, 2.05) is 19.1 Å². The Morgan fingerprint density at radius 1 is 1.30 bits per heavy atom. The lowest BCUT2D eigenvalue weighted by molar-refractivity contribution is 0.0594. The van der Waals surface area contributed by atoms with Crippen molar-refractivity contribution >= 4 is 16.9 Å². The van der Waals surface area contributed by atoms with Gasteiger partial charge in [0.05, 0.1) is 19.2 Å². The molecular formula is C16H19NO3. The summed E-state index contributed by atoms with van der Waals surface area (Å²) in [6.45, 7) is 6.72. The molecule has 20 heavy (non-hydrogen) atoms. The second-order valence-electron chi connectivity index (χ2n) is 4.86. The van der Waals surface area contributed by atoms with Crippen molar-refractivity contribution in [3.05, 3.63) is 35.5 Å². The fourth-order valence-corrected chi connectivity index (χ4v) is 2.06. The van der Waals surface area contributed by atoms with Crippen LogP contribution < -0.4 is 4.74 Å². The number of methoxy groups -OCH3 is 1. The normalized spacial score (nSPS) is 10.8. The molecule has 0 fully saturated rings. The monoisotopic (exact) mass is 273 g/mol. The summed E-state index contributed by atoms with van der Waals surface area (Å²) in [4.78, 5) is 16.0. The topological polar surface area (TPSA) is 48.4 Å². The SMILES string of the molecule is CCOc1cc(C(=O)OC)nc2ccc(C(C)C)cc12. The molecule has 0 spiro atoms. The van der Waals surface area contributed by atoms with Gasteiger partial charge in [0.25, 0.3) is 0 Å². The number of rotatable bonds is 4. The standard InChI is InChI=1S/C16H19NO3/c1-5-20-15-9-14(16(18)19-4)17-13-7-6-11(10(2)3)8-12(13)15/h6-10H,5H2,1-4H3. The minimum Gasteiger partial charge on any atom is -0.493 e. The molecule has 0 amide bonds. The Morgan fingerprint density at radius 3 is 2.65 bits per heavy atom. The van der Waals surface area contributed by atoms with E-state index in [0.717, 1.165) is 10.9 Å². The van der Waals surface area contributed by atoms with Gasteiger partial charge in [-0.15, -0.1) is 0 Å². The van der Waals surface area contributed by atoms with E-state index in [9.17, 15) is 4.79 Å². The number of aromatic nitrogens is 1. The molecule has 1 heterocycles.